The van der Waals surface area contributed by atoms with E-state index in [-0.39, 0.29) is 12.5 Å². The van der Waals surface area contributed by atoms with Crippen LogP contribution in [0.2, 0.25) is 0 Å². The highest BCUT2D eigenvalue weighted by Gasteiger charge is 2.46. The van der Waals surface area contributed by atoms with E-state index in [0.717, 1.165) is 6.42 Å². The minimum absolute atomic E-state index is 0.111. The molecule has 0 aromatic heterocycles. The number of hydrogen-bond acceptors (Lipinski definition) is 1. The largest absolute Gasteiger partial charge is 0.391 e. The van der Waals surface area contributed by atoms with Crippen molar-refractivity contribution >= 4 is 0 Å². The molecule has 1 saturated heterocycles. The van der Waals surface area contributed by atoms with Gasteiger partial charge in [-0.2, -0.15) is 13.2 Å². The van der Waals surface area contributed by atoms with Crippen molar-refractivity contribution in [3.8, 4) is 0 Å². The molecule has 1 saturated carbocycles. The summed E-state index contributed by atoms with van der Waals surface area (Å²) in [5.74, 6) is -0.717. The van der Waals surface area contributed by atoms with Crippen LogP contribution in [0.4, 0.5) is 13.2 Å². The lowest BCUT2D eigenvalue weighted by Gasteiger charge is -2.31. The van der Waals surface area contributed by atoms with Crippen molar-refractivity contribution in [3.63, 3.8) is 0 Å². The molecule has 76 valence electrons. The third-order valence-electron chi connectivity index (χ3n) is 3.21. The summed E-state index contributed by atoms with van der Waals surface area (Å²) in [6, 6.07) is 0. The molecule has 13 heavy (non-hydrogen) atoms. The van der Waals surface area contributed by atoms with Gasteiger partial charge in [-0.25, -0.2) is 0 Å². The summed E-state index contributed by atoms with van der Waals surface area (Å²) in [6.45, 7) is 0.653. The van der Waals surface area contributed by atoms with Gasteiger partial charge in [0.2, 0.25) is 0 Å². The van der Waals surface area contributed by atoms with Crippen LogP contribution in [0.25, 0.3) is 0 Å². The van der Waals surface area contributed by atoms with Gasteiger partial charge in [-0.05, 0) is 31.6 Å². The van der Waals surface area contributed by atoms with E-state index in [2.05, 4.69) is 0 Å². The van der Waals surface area contributed by atoms with Crippen LogP contribution in [0.1, 0.15) is 25.7 Å². The molecule has 0 bridgehead atoms. The first-order chi connectivity index (χ1) is 6.07. The van der Waals surface area contributed by atoms with E-state index >= 15 is 0 Å². The van der Waals surface area contributed by atoms with Gasteiger partial charge < -0.3 is 4.74 Å². The lowest BCUT2D eigenvalue weighted by Crippen LogP contribution is -2.34. The summed E-state index contributed by atoms with van der Waals surface area (Å²) in [4.78, 5) is 0. The van der Waals surface area contributed by atoms with Gasteiger partial charge in [-0.1, -0.05) is 0 Å². The Hall–Kier alpha value is -0.250. The molecule has 1 aliphatic heterocycles. The lowest BCUT2D eigenvalue weighted by molar-refractivity contribution is -0.192. The van der Waals surface area contributed by atoms with E-state index in [1.807, 2.05) is 0 Å². The summed E-state index contributed by atoms with van der Waals surface area (Å²) >= 11 is 0. The summed E-state index contributed by atoms with van der Waals surface area (Å²) < 4.78 is 42.3. The van der Waals surface area contributed by atoms with Gasteiger partial charge in [0.15, 0.2) is 0 Å². The molecule has 2 rings (SSSR count). The average Bonchev–Trinajstić information content (AvgIpc) is 2.47. The predicted octanol–water partition coefficient (Wildman–Crippen LogP) is 2.75. The minimum Gasteiger partial charge on any atom is -0.378 e. The molecular weight excluding hydrogens is 181 g/mol. The SMILES string of the molecule is FC(F)(F)C1CCC2CCOC2C1. The molecule has 2 fully saturated rings. The summed E-state index contributed by atoms with van der Waals surface area (Å²) in [7, 11) is 0. The summed E-state index contributed by atoms with van der Waals surface area (Å²) in [5, 5.41) is 0. The van der Waals surface area contributed by atoms with Gasteiger partial charge >= 0.3 is 6.18 Å². The van der Waals surface area contributed by atoms with Crippen LogP contribution in [0.3, 0.4) is 0 Å². The van der Waals surface area contributed by atoms with E-state index < -0.39 is 12.1 Å². The molecule has 0 radical (unpaired) electrons. The minimum atomic E-state index is -4.02. The Morgan fingerprint density at radius 3 is 2.54 bits per heavy atom. The summed E-state index contributed by atoms with van der Waals surface area (Å²) in [5.41, 5.74) is 0. The third-order valence-corrected chi connectivity index (χ3v) is 3.21. The van der Waals surface area contributed by atoms with Gasteiger partial charge in [-0.15, -0.1) is 0 Å². The van der Waals surface area contributed by atoms with Crippen LogP contribution in [0.5, 0.6) is 0 Å². The Labute approximate surface area is 75.3 Å². The maximum atomic E-state index is 12.3. The Morgan fingerprint density at radius 1 is 1.08 bits per heavy atom. The fourth-order valence-electron chi connectivity index (χ4n) is 2.39. The van der Waals surface area contributed by atoms with Crippen molar-refractivity contribution in [2.24, 2.45) is 11.8 Å². The van der Waals surface area contributed by atoms with Crippen molar-refractivity contribution in [1.29, 1.82) is 0 Å². The van der Waals surface area contributed by atoms with Gasteiger partial charge in [0.05, 0.1) is 12.0 Å². The highest BCUT2D eigenvalue weighted by Crippen LogP contribution is 2.43. The molecular formula is C9H13F3O. The maximum Gasteiger partial charge on any atom is 0.391 e. The molecule has 0 N–H and O–H groups in total. The molecule has 1 aliphatic carbocycles. The number of ether oxygens (including phenoxy) is 1. The molecule has 3 unspecified atom stereocenters. The van der Waals surface area contributed by atoms with Crippen molar-refractivity contribution < 1.29 is 17.9 Å². The topological polar surface area (TPSA) is 9.23 Å². The van der Waals surface area contributed by atoms with Crippen molar-refractivity contribution in [2.75, 3.05) is 6.61 Å². The molecule has 0 aromatic rings. The van der Waals surface area contributed by atoms with Gasteiger partial charge in [-0.3, -0.25) is 0 Å². The quantitative estimate of drug-likeness (QED) is 0.576. The van der Waals surface area contributed by atoms with E-state index in [0.29, 0.717) is 25.4 Å². The summed E-state index contributed by atoms with van der Waals surface area (Å²) in [6.07, 6.45) is -2.00. The number of fused-ring (bicyclic) bond motifs is 1. The molecule has 4 heteroatoms. The van der Waals surface area contributed by atoms with E-state index in [1.165, 1.54) is 0 Å². The third kappa shape index (κ3) is 1.82. The average molecular weight is 194 g/mol. The molecule has 0 aromatic carbocycles. The van der Waals surface area contributed by atoms with Crippen LogP contribution in [-0.4, -0.2) is 18.9 Å². The number of rotatable bonds is 0. The monoisotopic (exact) mass is 194 g/mol. The second kappa shape index (κ2) is 3.15. The van der Waals surface area contributed by atoms with E-state index in [4.69, 9.17) is 4.74 Å². The lowest BCUT2D eigenvalue weighted by atomic mass is 9.79. The first-order valence-corrected chi connectivity index (χ1v) is 4.75. The van der Waals surface area contributed by atoms with E-state index in [9.17, 15) is 13.2 Å². The van der Waals surface area contributed by atoms with Crippen LogP contribution in [0, 0.1) is 11.8 Å². The molecule has 2 aliphatic rings. The standard InChI is InChI=1S/C9H13F3O/c10-9(11,12)7-2-1-6-3-4-13-8(6)5-7/h6-8H,1-5H2. The molecule has 1 heterocycles. The first kappa shape index (κ1) is 9.31. The number of halogens is 3. The van der Waals surface area contributed by atoms with Crippen LogP contribution in [0.15, 0.2) is 0 Å². The highest BCUT2D eigenvalue weighted by molar-refractivity contribution is 4.86. The zero-order valence-corrected chi connectivity index (χ0v) is 7.31. The second-order valence-corrected chi connectivity index (χ2v) is 4.01. The van der Waals surface area contributed by atoms with E-state index in [1.54, 1.807) is 0 Å². The normalized spacial score (nSPS) is 40.4. The Bertz CT molecular complexity index is 190. The smallest absolute Gasteiger partial charge is 0.378 e. The van der Waals surface area contributed by atoms with Gasteiger partial charge in [0.25, 0.3) is 0 Å². The Kier molecular flexibility index (Phi) is 2.26. The first-order valence-electron chi connectivity index (χ1n) is 4.75. The highest BCUT2D eigenvalue weighted by atomic mass is 19.4. The molecule has 3 atom stereocenters. The number of hydrogen-bond donors (Lipinski definition) is 0. The van der Waals surface area contributed by atoms with Crippen molar-refractivity contribution in [1.82, 2.24) is 0 Å². The maximum absolute atomic E-state index is 12.3. The molecule has 0 amide bonds. The molecule has 1 nitrogen and oxygen atoms in total. The Balaban J connectivity index is 1.97. The molecule has 0 spiro atoms. The van der Waals surface area contributed by atoms with Crippen molar-refractivity contribution in [3.05, 3.63) is 0 Å². The zero-order valence-electron chi connectivity index (χ0n) is 7.31. The van der Waals surface area contributed by atoms with Crippen LogP contribution < -0.4 is 0 Å². The fraction of sp³-hybridized carbons (Fsp3) is 1.00. The zero-order chi connectivity index (χ0) is 9.47. The number of alkyl halides is 3. The van der Waals surface area contributed by atoms with Crippen molar-refractivity contribution in [2.45, 2.75) is 38.0 Å². The van der Waals surface area contributed by atoms with Crippen LogP contribution >= 0.6 is 0 Å². The fourth-order valence-corrected chi connectivity index (χ4v) is 2.39. The van der Waals surface area contributed by atoms with Gasteiger partial charge in [0, 0.05) is 6.61 Å². The second-order valence-electron chi connectivity index (χ2n) is 4.01. The van der Waals surface area contributed by atoms with Gasteiger partial charge in [0.1, 0.15) is 0 Å². The predicted molar refractivity (Wildman–Crippen MR) is 41.2 cm³/mol. The van der Waals surface area contributed by atoms with Crippen LogP contribution in [-0.2, 0) is 4.74 Å². The Morgan fingerprint density at radius 2 is 1.85 bits per heavy atom.